The molecule has 1 aromatic carbocycles. The van der Waals surface area contributed by atoms with E-state index in [-0.39, 0.29) is 17.9 Å². The Balaban J connectivity index is 1.70. The summed E-state index contributed by atoms with van der Waals surface area (Å²) in [6, 6.07) is 8.24. The predicted octanol–water partition coefficient (Wildman–Crippen LogP) is 2.65. The minimum Gasteiger partial charge on any atom is -0.497 e. The first-order chi connectivity index (χ1) is 12.5. The maximum atomic E-state index is 12.6. The van der Waals surface area contributed by atoms with Gasteiger partial charge in [-0.05, 0) is 51.1 Å². The molecule has 0 unspecified atom stereocenters. The van der Waals surface area contributed by atoms with Crippen LogP contribution in [-0.2, 0) is 4.79 Å². The summed E-state index contributed by atoms with van der Waals surface area (Å²) in [7, 11) is 3.28. The fourth-order valence-corrected chi connectivity index (χ4v) is 3.86. The van der Waals surface area contributed by atoms with Crippen LogP contribution in [0.15, 0.2) is 18.2 Å². The van der Waals surface area contributed by atoms with Crippen LogP contribution in [0.3, 0.4) is 0 Å². The highest BCUT2D eigenvalue weighted by atomic mass is 16.5. The van der Waals surface area contributed by atoms with Gasteiger partial charge in [-0.25, -0.2) is 0 Å². The Hall–Kier alpha value is -2.26. The monoisotopic (exact) mass is 357 g/mol. The fraction of sp³-hybridized carbons (Fsp3) is 0.600. The minimum atomic E-state index is -0.746. The Morgan fingerprint density at radius 1 is 1.35 bits per heavy atom. The molecular weight excluding hydrogens is 330 g/mol. The van der Waals surface area contributed by atoms with Crippen molar-refractivity contribution in [3.63, 3.8) is 0 Å². The van der Waals surface area contributed by atoms with E-state index >= 15 is 0 Å². The number of nitrogens with one attached hydrogen (secondary N) is 1. The lowest BCUT2D eigenvalue weighted by Gasteiger charge is -2.28. The lowest BCUT2D eigenvalue weighted by molar-refractivity contribution is -0.123. The molecule has 1 aromatic rings. The molecule has 26 heavy (non-hydrogen) atoms. The molecule has 1 N–H and O–H groups in total. The molecule has 1 amide bonds. The fourth-order valence-electron chi connectivity index (χ4n) is 3.86. The van der Waals surface area contributed by atoms with Gasteiger partial charge in [0.15, 0.2) is 0 Å². The van der Waals surface area contributed by atoms with Crippen molar-refractivity contribution in [1.82, 2.24) is 10.2 Å². The highest BCUT2D eigenvalue weighted by molar-refractivity contribution is 5.79. The summed E-state index contributed by atoms with van der Waals surface area (Å²) in [4.78, 5) is 14.8. The molecule has 6 heteroatoms. The molecular formula is C20H27N3O3. The standard InChI is InChI=1S/C20H27N3O3/c1-20(13-21,14-6-7-14)22-19(24)12-23-10-4-5-17(23)16-9-8-15(25-2)11-18(16)26-3/h8-9,11,14,17H,4-7,10,12H2,1-3H3,(H,22,24)/t17-,20+/m1/s1. The zero-order valence-corrected chi connectivity index (χ0v) is 15.7. The Morgan fingerprint density at radius 2 is 2.12 bits per heavy atom. The molecule has 1 aliphatic carbocycles. The second-order valence-electron chi connectivity index (χ2n) is 7.37. The zero-order valence-electron chi connectivity index (χ0n) is 15.7. The second kappa shape index (κ2) is 7.55. The number of hydrogen-bond acceptors (Lipinski definition) is 5. The minimum absolute atomic E-state index is 0.0830. The number of benzene rings is 1. The van der Waals surface area contributed by atoms with Crippen LogP contribution in [-0.4, -0.2) is 43.7 Å². The Kier molecular flexibility index (Phi) is 5.38. The summed E-state index contributed by atoms with van der Waals surface area (Å²) in [6.07, 6.45) is 4.04. The lowest BCUT2D eigenvalue weighted by atomic mass is 9.98. The molecule has 0 bridgehead atoms. The number of ether oxygens (including phenoxy) is 2. The number of methoxy groups -OCH3 is 2. The molecule has 0 radical (unpaired) electrons. The molecule has 2 aliphatic rings. The molecule has 1 saturated carbocycles. The van der Waals surface area contributed by atoms with Crippen molar-refractivity contribution in [2.75, 3.05) is 27.3 Å². The highest BCUT2D eigenvalue weighted by Gasteiger charge is 2.43. The number of carbonyl (C=O) groups excluding carboxylic acids is 1. The summed E-state index contributed by atoms with van der Waals surface area (Å²) >= 11 is 0. The van der Waals surface area contributed by atoms with Crippen molar-refractivity contribution >= 4 is 5.91 Å². The molecule has 2 atom stereocenters. The van der Waals surface area contributed by atoms with Crippen LogP contribution < -0.4 is 14.8 Å². The average Bonchev–Trinajstić information content (AvgIpc) is 3.42. The number of hydrogen-bond donors (Lipinski definition) is 1. The van der Waals surface area contributed by atoms with Crippen LogP contribution in [0, 0.1) is 17.2 Å². The van der Waals surface area contributed by atoms with Crippen LogP contribution >= 0.6 is 0 Å². The summed E-state index contributed by atoms with van der Waals surface area (Å²) < 4.78 is 10.8. The number of amides is 1. The van der Waals surface area contributed by atoms with E-state index in [9.17, 15) is 10.1 Å². The summed E-state index contributed by atoms with van der Waals surface area (Å²) in [5, 5.41) is 12.4. The molecule has 6 nitrogen and oxygen atoms in total. The maximum absolute atomic E-state index is 12.6. The van der Waals surface area contributed by atoms with Gasteiger partial charge in [0.25, 0.3) is 0 Å². The molecule has 140 valence electrons. The molecule has 2 fully saturated rings. The van der Waals surface area contributed by atoms with Gasteiger partial charge >= 0.3 is 0 Å². The van der Waals surface area contributed by atoms with Crippen LogP contribution in [0.1, 0.15) is 44.2 Å². The number of carbonyl (C=O) groups is 1. The first kappa shape index (κ1) is 18.5. The van der Waals surface area contributed by atoms with E-state index in [0.717, 1.165) is 49.3 Å². The highest BCUT2D eigenvalue weighted by Crippen LogP contribution is 2.40. The molecule has 1 heterocycles. The van der Waals surface area contributed by atoms with Gasteiger partial charge in [-0.15, -0.1) is 0 Å². The number of likely N-dealkylation sites (tertiary alicyclic amines) is 1. The average molecular weight is 357 g/mol. The van der Waals surface area contributed by atoms with Gasteiger partial charge in [-0.1, -0.05) is 6.07 Å². The van der Waals surface area contributed by atoms with Gasteiger partial charge in [-0.2, -0.15) is 5.26 Å². The van der Waals surface area contributed by atoms with Gasteiger partial charge in [0.1, 0.15) is 17.0 Å². The van der Waals surface area contributed by atoms with E-state index in [4.69, 9.17) is 9.47 Å². The molecule has 0 spiro atoms. The lowest BCUT2D eigenvalue weighted by Crippen LogP contribution is -2.50. The second-order valence-corrected chi connectivity index (χ2v) is 7.37. The summed E-state index contributed by atoms with van der Waals surface area (Å²) in [6.45, 7) is 2.99. The van der Waals surface area contributed by atoms with Crippen LogP contribution in [0.25, 0.3) is 0 Å². The molecule has 1 saturated heterocycles. The van der Waals surface area contributed by atoms with E-state index in [1.807, 2.05) is 25.1 Å². The van der Waals surface area contributed by atoms with Crippen molar-refractivity contribution in [2.45, 2.75) is 44.2 Å². The largest absolute Gasteiger partial charge is 0.497 e. The van der Waals surface area contributed by atoms with Crippen molar-refractivity contribution in [2.24, 2.45) is 5.92 Å². The smallest absolute Gasteiger partial charge is 0.235 e. The third-order valence-electron chi connectivity index (χ3n) is 5.54. The van der Waals surface area contributed by atoms with E-state index in [1.165, 1.54) is 0 Å². The topological polar surface area (TPSA) is 74.6 Å². The number of nitriles is 1. The first-order valence-corrected chi connectivity index (χ1v) is 9.19. The van der Waals surface area contributed by atoms with E-state index in [0.29, 0.717) is 6.54 Å². The van der Waals surface area contributed by atoms with Gasteiger partial charge in [0, 0.05) is 17.7 Å². The van der Waals surface area contributed by atoms with Crippen LogP contribution in [0.5, 0.6) is 11.5 Å². The van der Waals surface area contributed by atoms with Crippen LogP contribution in [0.2, 0.25) is 0 Å². The SMILES string of the molecule is COc1ccc([C@H]2CCCN2CC(=O)N[C@@](C)(C#N)C2CC2)c(OC)c1. The van der Waals surface area contributed by atoms with Crippen LogP contribution in [0.4, 0.5) is 0 Å². The Labute approximate surface area is 155 Å². The third-order valence-corrected chi connectivity index (χ3v) is 5.54. The van der Waals surface area contributed by atoms with E-state index in [2.05, 4.69) is 16.3 Å². The van der Waals surface area contributed by atoms with Gasteiger partial charge < -0.3 is 14.8 Å². The number of nitrogens with zero attached hydrogens (tertiary/aromatic N) is 2. The quantitative estimate of drug-likeness (QED) is 0.812. The van der Waals surface area contributed by atoms with Gasteiger partial charge in [-0.3, -0.25) is 9.69 Å². The molecule has 0 aromatic heterocycles. The zero-order chi connectivity index (χ0) is 18.7. The summed E-state index contributed by atoms with van der Waals surface area (Å²) in [5.41, 5.74) is 0.327. The van der Waals surface area contributed by atoms with Crippen molar-refractivity contribution < 1.29 is 14.3 Å². The van der Waals surface area contributed by atoms with Gasteiger partial charge in [0.05, 0.1) is 26.8 Å². The normalized spacial score (nSPS) is 22.3. The maximum Gasteiger partial charge on any atom is 0.235 e. The Morgan fingerprint density at radius 3 is 2.73 bits per heavy atom. The number of rotatable bonds is 7. The van der Waals surface area contributed by atoms with Gasteiger partial charge in [0.2, 0.25) is 5.91 Å². The molecule has 1 aliphatic heterocycles. The van der Waals surface area contributed by atoms with Crippen molar-refractivity contribution in [1.29, 1.82) is 5.26 Å². The third kappa shape index (κ3) is 3.78. The van der Waals surface area contributed by atoms with Crippen molar-refractivity contribution in [3.05, 3.63) is 23.8 Å². The molecule has 3 rings (SSSR count). The summed E-state index contributed by atoms with van der Waals surface area (Å²) in [5.74, 6) is 1.73. The van der Waals surface area contributed by atoms with Crippen molar-refractivity contribution in [3.8, 4) is 17.6 Å². The van der Waals surface area contributed by atoms with E-state index < -0.39 is 5.54 Å². The first-order valence-electron chi connectivity index (χ1n) is 9.19. The Bertz CT molecular complexity index is 711. The van der Waals surface area contributed by atoms with E-state index in [1.54, 1.807) is 14.2 Å². The predicted molar refractivity (Wildman–Crippen MR) is 98.0 cm³/mol.